The third-order valence-corrected chi connectivity index (χ3v) is 6.12. The molecule has 3 aliphatic rings. The SMILES string of the molecule is COc1ccc(NC(=O)[C@H]2[C@H]3C=C[C@]4(CN(c5ccccc5)C(=O)[C@@H]24)O3)cc1OC. The molecule has 3 aliphatic heterocycles. The fourth-order valence-corrected chi connectivity index (χ4v) is 4.76. The van der Waals surface area contributed by atoms with E-state index in [2.05, 4.69) is 5.32 Å². The van der Waals surface area contributed by atoms with Gasteiger partial charge in [-0.3, -0.25) is 9.59 Å². The summed E-state index contributed by atoms with van der Waals surface area (Å²) in [6.07, 6.45) is 3.44. The first-order valence-corrected chi connectivity index (χ1v) is 9.83. The van der Waals surface area contributed by atoms with Gasteiger partial charge in [-0.1, -0.05) is 30.4 Å². The number of ether oxygens (including phenoxy) is 3. The highest BCUT2D eigenvalue weighted by Gasteiger charge is 2.67. The molecule has 2 amide bonds. The summed E-state index contributed by atoms with van der Waals surface area (Å²) in [5.74, 6) is -0.377. The van der Waals surface area contributed by atoms with Crippen molar-refractivity contribution in [3.05, 3.63) is 60.7 Å². The second-order valence-corrected chi connectivity index (χ2v) is 7.72. The highest BCUT2D eigenvalue weighted by Crippen LogP contribution is 2.52. The second-order valence-electron chi connectivity index (χ2n) is 7.72. The van der Waals surface area contributed by atoms with Gasteiger partial charge in [-0.2, -0.15) is 0 Å². The summed E-state index contributed by atoms with van der Waals surface area (Å²) in [5.41, 5.74) is 0.631. The van der Waals surface area contributed by atoms with Gasteiger partial charge in [0.2, 0.25) is 11.8 Å². The van der Waals surface area contributed by atoms with Crippen molar-refractivity contribution in [3.8, 4) is 11.5 Å². The molecule has 30 heavy (non-hydrogen) atoms. The van der Waals surface area contributed by atoms with Crippen LogP contribution in [0.25, 0.3) is 0 Å². The fraction of sp³-hybridized carbons (Fsp3) is 0.304. The minimum atomic E-state index is -0.753. The Hall–Kier alpha value is -3.32. The average molecular weight is 406 g/mol. The molecule has 4 atom stereocenters. The lowest BCUT2D eigenvalue weighted by Crippen LogP contribution is -2.41. The topological polar surface area (TPSA) is 77.1 Å². The van der Waals surface area contributed by atoms with Crippen LogP contribution in [0.5, 0.6) is 11.5 Å². The van der Waals surface area contributed by atoms with Crippen LogP contribution in [0.1, 0.15) is 0 Å². The van der Waals surface area contributed by atoms with Crippen molar-refractivity contribution in [2.45, 2.75) is 11.7 Å². The first-order valence-electron chi connectivity index (χ1n) is 9.83. The van der Waals surface area contributed by atoms with Crippen molar-refractivity contribution in [2.24, 2.45) is 11.8 Å². The molecule has 1 spiro atoms. The zero-order valence-corrected chi connectivity index (χ0v) is 16.7. The summed E-state index contributed by atoms with van der Waals surface area (Å²) in [7, 11) is 3.09. The molecule has 2 bridgehead atoms. The van der Waals surface area contributed by atoms with Crippen LogP contribution in [-0.2, 0) is 14.3 Å². The summed E-state index contributed by atoms with van der Waals surface area (Å²) in [6.45, 7) is 0.410. The molecular formula is C23H22N2O5. The van der Waals surface area contributed by atoms with E-state index in [1.54, 1.807) is 30.2 Å². The number of rotatable bonds is 5. The summed E-state index contributed by atoms with van der Waals surface area (Å²) in [5, 5.41) is 2.92. The van der Waals surface area contributed by atoms with E-state index in [1.165, 1.54) is 7.11 Å². The minimum absolute atomic E-state index is 0.0829. The van der Waals surface area contributed by atoms with E-state index in [4.69, 9.17) is 14.2 Å². The lowest BCUT2D eigenvalue weighted by Gasteiger charge is -2.23. The molecular weight excluding hydrogens is 384 g/mol. The largest absolute Gasteiger partial charge is 0.493 e. The first kappa shape index (κ1) is 18.7. The number of hydrogen-bond donors (Lipinski definition) is 1. The minimum Gasteiger partial charge on any atom is -0.493 e. The number of carbonyl (C=O) groups is 2. The monoisotopic (exact) mass is 406 g/mol. The third-order valence-electron chi connectivity index (χ3n) is 6.12. The molecule has 0 aliphatic carbocycles. The van der Waals surface area contributed by atoms with E-state index in [0.29, 0.717) is 23.7 Å². The molecule has 2 aromatic rings. The van der Waals surface area contributed by atoms with Crippen LogP contribution < -0.4 is 19.7 Å². The Balaban J connectivity index is 1.41. The van der Waals surface area contributed by atoms with E-state index in [0.717, 1.165) is 5.69 Å². The van der Waals surface area contributed by atoms with Crippen LogP contribution in [0.3, 0.4) is 0 Å². The normalized spacial score (nSPS) is 28.5. The molecule has 1 N–H and O–H groups in total. The molecule has 2 fully saturated rings. The summed E-state index contributed by atoms with van der Waals surface area (Å²) in [4.78, 5) is 28.3. The molecule has 0 saturated carbocycles. The zero-order valence-electron chi connectivity index (χ0n) is 16.7. The lowest BCUT2D eigenvalue weighted by atomic mass is 9.77. The number of nitrogens with one attached hydrogen (secondary N) is 1. The standard InChI is InChI=1S/C23H22N2O5/c1-28-16-9-8-14(12-18(16)29-2)24-21(26)19-17-10-11-23(30-17)13-25(22(27)20(19)23)15-6-4-3-5-7-15/h3-12,17,19-20H,13H2,1-2H3,(H,24,26)/t17-,19+,20-,23-/m1/s1. The Labute approximate surface area is 174 Å². The Bertz CT molecular complexity index is 1040. The van der Waals surface area contributed by atoms with E-state index in [1.807, 2.05) is 42.5 Å². The highest BCUT2D eigenvalue weighted by atomic mass is 16.5. The lowest BCUT2D eigenvalue weighted by molar-refractivity contribution is -0.128. The maximum absolute atomic E-state index is 13.3. The van der Waals surface area contributed by atoms with Crippen molar-refractivity contribution in [1.82, 2.24) is 0 Å². The number of nitrogens with zero attached hydrogens (tertiary/aromatic N) is 1. The van der Waals surface area contributed by atoms with Crippen molar-refractivity contribution in [1.29, 1.82) is 0 Å². The van der Waals surface area contributed by atoms with Crippen LogP contribution >= 0.6 is 0 Å². The van der Waals surface area contributed by atoms with Gasteiger partial charge in [0, 0.05) is 17.4 Å². The maximum Gasteiger partial charge on any atom is 0.234 e. The van der Waals surface area contributed by atoms with Crippen LogP contribution in [0.2, 0.25) is 0 Å². The third kappa shape index (κ3) is 2.69. The smallest absolute Gasteiger partial charge is 0.234 e. The number of fused-ring (bicyclic) bond motifs is 1. The quantitative estimate of drug-likeness (QED) is 0.773. The number of methoxy groups -OCH3 is 2. The van der Waals surface area contributed by atoms with Gasteiger partial charge in [0.15, 0.2) is 11.5 Å². The van der Waals surface area contributed by atoms with Gasteiger partial charge >= 0.3 is 0 Å². The van der Waals surface area contributed by atoms with Crippen molar-refractivity contribution in [2.75, 3.05) is 31.0 Å². The molecule has 0 aromatic heterocycles. The number of hydrogen-bond acceptors (Lipinski definition) is 5. The number of amides is 2. The van der Waals surface area contributed by atoms with E-state index >= 15 is 0 Å². The Morgan fingerprint density at radius 3 is 2.63 bits per heavy atom. The summed E-state index contributed by atoms with van der Waals surface area (Å²) >= 11 is 0. The molecule has 5 rings (SSSR count). The molecule has 0 unspecified atom stereocenters. The van der Waals surface area contributed by atoms with Gasteiger partial charge in [0.25, 0.3) is 0 Å². The van der Waals surface area contributed by atoms with Gasteiger partial charge in [-0.05, 0) is 24.3 Å². The van der Waals surface area contributed by atoms with Gasteiger partial charge in [0.05, 0.1) is 38.7 Å². The average Bonchev–Trinajstić information content (AvgIpc) is 3.42. The van der Waals surface area contributed by atoms with E-state index < -0.39 is 23.5 Å². The molecule has 3 heterocycles. The number of anilines is 2. The molecule has 2 saturated heterocycles. The predicted molar refractivity (Wildman–Crippen MR) is 111 cm³/mol. The fourth-order valence-electron chi connectivity index (χ4n) is 4.76. The number of benzene rings is 2. The number of carbonyl (C=O) groups excluding carboxylic acids is 2. The van der Waals surface area contributed by atoms with Crippen LogP contribution in [0.15, 0.2) is 60.7 Å². The van der Waals surface area contributed by atoms with Crippen molar-refractivity contribution in [3.63, 3.8) is 0 Å². The Kier molecular flexibility index (Phi) is 4.29. The van der Waals surface area contributed by atoms with E-state index in [9.17, 15) is 9.59 Å². The zero-order chi connectivity index (χ0) is 20.9. The summed E-state index contributed by atoms with van der Waals surface area (Å²) in [6, 6.07) is 14.6. The van der Waals surface area contributed by atoms with Gasteiger partial charge in [-0.25, -0.2) is 0 Å². The van der Waals surface area contributed by atoms with Gasteiger partial charge in [0.1, 0.15) is 5.60 Å². The van der Waals surface area contributed by atoms with Crippen molar-refractivity contribution < 1.29 is 23.8 Å². The van der Waals surface area contributed by atoms with Crippen LogP contribution in [-0.4, -0.2) is 44.3 Å². The molecule has 154 valence electrons. The van der Waals surface area contributed by atoms with Crippen LogP contribution in [0.4, 0.5) is 11.4 Å². The molecule has 7 heteroatoms. The van der Waals surface area contributed by atoms with Gasteiger partial charge in [-0.15, -0.1) is 0 Å². The highest BCUT2D eigenvalue weighted by molar-refractivity contribution is 6.05. The second kappa shape index (κ2) is 6.88. The van der Waals surface area contributed by atoms with Crippen LogP contribution in [0, 0.1) is 11.8 Å². The van der Waals surface area contributed by atoms with Gasteiger partial charge < -0.3 is 24.4 Å². The molecule has 2 aromatic carbocycles. The molecule has 0 radical (unpaired) electrons. The van der Waals surface area contributed by atoms with Crippen molar-refractivity contribution >= 4 is 23.2 Å². The predicted octanol–water partition coefficient (Wildman–Crippen LogP) is 2.63. The summed E-state index contributed by atoms with van der Waals surface area (Å²) < 4.78 is 16.7. The van der Waals surface area contributed by atoms with E-state index in [-0.39, 0.29) is 11.8 Å². The Morgan fingerprint density at radius 1 is 1.13 bits per heavy atom. The molecule has 7 nitrogen and oxygen atoms in total. The maximum atomic E-state index is 13.3. The number of para-hydroxylation sites is 1. The first-order chi connectivity index (χ1) is 14.6. The Morgan fingerprint density at radius 2 is 1.90 bits per heavy atom.